The van der Waals surface area contributed by atoms with Crippen LogP contribution in [0.2, 0.25) is 0 Å². The number of carbonyl (C=O) groups excluding carboxylic acids is 1. The maximum absolute atomic E-state index is 11.1. The van der Waals surface area contributed by atoms with Crippen molar-refractivity contribution in [3.05, 3.63) is 47.5 Å². The second-order valence-electron chi connectivity index (χ2n) is 6.54. The van der Waals surface area contributed by atoms with Crippen LogP contribution in [0.5, 0.6) is 0 Å². The fraction of sp³-hybridized carbons (Fsp3) is 0.522. The van der Waals surface area contributed by atoms with E-state index in [1.54, 1.807) is 6.08 Å². The van der Waals surface area contributed by atoms with Crippen LogP contribution in [0.25, 0.3) is 12.2 Å². The Bertz CT molecular complexity index is 511. The van der Waals surface area contributed by atoms with Gasteiger partial charge >= 0.3 is 5.97 Å². The Morgan fingerprint density at radius 2 is 1.36 bits per heavy atom. The van der Waals surface area contributed by atoms with Gasteiger partial charge in [-0.2, -0.15) is 0 Å². The minimum Gasteiger partial charge on any atom is -0.466 e. The van der Waals surface area contributed by atoms with Crippen molar-refractivity contribution in [2.24, 2.45) is 0 Å². The lowest BCUT2D eigenvalue weighted by Gasteiger charge is -2.00. The lowest BCUT2D eigenvalue weighted by atomic mass is 10.1. The first-order valence-electron chi connectivity index (χ1n) is 9.79. The normalized spacial score (nSPS) is 11.4. The molecule has 25 heavy (non-hydrogen) atoms. The van der Waals surface area contributed by atoms with Crippen molar-refractivity contribution < 1.29 is 9.53 Å². The van der Waals surface area contributed by atoms with E-state index >= 15 is 0 Å². The van der Waals surface area contributed by atoms with Crippen LogP contribution in [0.15, 0.2) is 36.4 Å². The summed E-state index contributed by atoms with van der Waals surface area (Å²) < 4.78 is 4.58. The van der Waals surface area contributed by atoms with Crippen molar-refractivity contribution in [3.8, 4) is 0 Å². The first-order valence-corrected chi connectivity index (χ1v) is 9.79. The van der Waals surface area contributed by atoms with Gasteiger partial charge in [-0.25, -0.2) is 4.79 Å². The summed E-state index contributed by atoms with van der Waals surface area (Å²) in [5, 5.41) is 0. The van der Waals surface area contributed by atoms with E-state index < -0.39 is 0 Å². The molecule has 1 aromatic rings. The molecule has 1 aromatic carbocycles. The molecule has 0 aliphatic carbocycles. The standard InChI is InChI=1S/C23H34O2/c1-3-4-5-6-7-8-9-10-11-12-13-14-21-15-17-22(18-16-21)19-20-23(24)25-2/h13-20H,3-12H2,1-2H3/b14-13+,20-19+. The monoisotopic (exact) mass is 342 g/mol. The Kier molecular flexibility index (Phi) is 12.3. The van der Waals surface area contributed by atoms with Gasteiger partial charge in [-0.3, -0.25) is 0 Å². The first kappa shape index (κ1) is 21.2. The lowest BCUT2D eigenvalue weighted by Crippen LogP contribution is -1.93. The molecule has 0 saturated heterocycles. The topological polar surface area (TPSA) is 26.3 Å². The molecule has 0 unspecified atom stereocenters. The highest BCUT2D eigenvalue weighted by Gasteiger charge is 1.93. The zero-order valence-corrected chi connectivity index (χ0v) is 16.0. The molecule has 1 rings (SSSR count). The average Bonchev–Trinajstić information content (AvgIpc) is 2.65. The van der Waals surface area contributed by atoms with Crippen molar-refractivity contribution in [2.45, 2.75) is 71.1 Å². The van der Waals surface area contributed by atoms with Gasteiger partial charge < -0.3 is 4.74 Å². The minimum absolute atomic E-state index is 0.329. The molecule has 0 bridgehead atoms. The quantitative estimate of drug-likeness (QED) is 0.224. The van der Waals surface area contributed by atoms with E-state index in [9.17, 15) is 4.79 Å². The zero-order valence-electron chi connectivity index (χ0n) is 16.0. The van der Waals surface area contributed by atoms with Gasteiger partial charge in [0.1, 0.15) is 0 Å². The van der Waals surface area contributed by atoms with Crippen LogP contribution < -0.4 is 0 Å². The summed E-state index contributed by atoms with van der Waals surface area (Å²) in [4.78, 5) is 11.1. The van der Waals surface area contributed by atoms with Crippen molar-refractivity contribution in [1.82, 2.24) is 0 Å². The average molecular weight is 343 g/mol. The lowest BCUT2D eigenvalue weighted by molar-refractivity contribution is -0.134. The number of rotatable bonds is 13. The summed E-state index contributed by atoms with van der Waals surface area (Å²) in [6.45, 7) is 2.27. The number of benzene rings is 1. The van der Waals surface area contributed by atoms with E-state index in [0.717, 1.165) is 12.0 Å². The molecule has 0 amide bonds. The predicted molar refractivity (Wildman–Crippen MR) is 108 cm³/mol. The number of esters is 1. The summed E-state index contributed by atoms with van der Waals surface area (Å²) in [6.07, 6.45) is 21.2. The molecule has 0 atom stereocenters. The molecular weight excluding hydrogens is 308 g/mol. The van der Waals surface area contributed by atoms with Gasteiger partial charge in [0, 0.05) is 6.08 Å². The molecule has 0 saturated carbocycles. The summed E-state index contributed by atoms with van der Waals surface area (Å²) in [6, 6.07) is 8.17. The molecule has 138 valence electrons. The molecule has 0 spiro atoms. The third-order valence-corrected chi connectivity index (χ3v) is 4.33. The number of allylic oxidation sites excluding steroid dienone is 1. The highest BCUT2D eigenvalue weighted by atomic mass is 16.5. The highest BCUT2D eigenvalue weighted by molar-refractivity contribution is 5.86. The maximum Gasteiger partial charge on any atom is 0.330 e. The Hall–Kier alpha value is -1.83. The Morgan fingerprint density at radius 3 is 1.92 bits per heavy atom. The zero-order chi connectivity index (χ0) is 18.2. The van der Waals surface area contributed by atoms with Crippen molar-refractivity contribution in [1.29, 1.82) is 0 Å². The van der Waals surface area contributed by atoms with Crippen LogP contribution in [-0.4, -0.2) is 13.1 Å². The molecule has 2 nitrogen and oxygen atoms in total. The predicted octanol–water partition coefficient (Wildman–Crippen LogP) is 6.81. The van der Waals surface area contributed by atoms with Gasteiger partial charge in [0.05, 0.1) is 7.11 Å². The molecule has 0 aliphatic heterocycles. The van der Waals surface area contributed by atoms with Crippen molar-refractivity contribution in [3.63, 3.8) is 0 Å². The Balaban J connectivity index is 2.12. The molecule has 0 N–H and O–H groups in total. The Labute approximate surface area is 154 Å². The van der Waals surface area contributed by atoms with Gasteiger partial charge in [0.15, 0.2) is 0 Å². The molecular formula is C23H34O2. The maximum atomic E-state index is 11.1. The van der Waals surface area contributed by atoms with Gasteiger partial charge in [0.25, 0.3) is 0 Å². The number of carbonyl (C=O) groups is 1. The fourth-order valence-corrected chi connectivity index (χ4v) is 2.74. The van der Waals surface area contributed by atoms with Crippen molar-refractivity contribution >= 4 is 18.1 Å². The van der Waals surface area contributed by atoms with Crippen LogP contribution in [0.1, 0.15) is 82.3 Å². The van der Waals surface area contributed by atoms with Crippen molar-refractivity contribution in [2.75, 3.05) is 7.11 Å². The molecule has 0 aromatic heterocycles. The number of ether oxygens (including phenoxy) is 1. The number of methoxy groups -OCH3 is 1. The van der Waals surface area contributed by atoms with Gasteiger partial charge in [0.2, 0.25) is 0 Å². The highest BCUT2D eigenvalue weighted by Crippen LogP contribution is 2.12. The van der Waals surface area contributed by atoms with Gasteiger partial charge in [-0.15, -0.1) is 0 Å². The van der Waals surface area contributed by atoms with E-state index in [1.165, 1.54) is 76.5 Å². The number of unbranched alkanes of at least 4 members (excludes halogenated alkanes) is 9. The molecule has 0 fully saturated rings. The smallest absolute Gasteiger partial charge is 0.330 e. The minimum atomic E-state index is -0.329. The van der Waals surface area contributed by atoms with Crippen LogP contribution in [-0.2, 0) is 9.53 Å². The second-order valence-corrected chi connectivity index (χ2v) is 6.54. The summed E-state index contributed by atoms with van der Waals surface area (Å²) in [5.41, 5.74) is 2.20. The van der Waals surface area contributed by atoms with E-state index in [2.05, 4.69) is 35.9 Å². The molecule has 0 radical (unpaired) electrons. The molecule has 0 aliphatic rings. The number of hydrogen-bond acceptors (Lipinski definition) is 2. The van der Waals surface area contributed by atoms with Gasteiger partial charge in [-0.1, -0.05) is 94.7 Å². The van der Waals surface area contributed by atoms with Gasteiger partial charge in [-0.05, 0) is 30.0 Å². The second kappa shape index (κ2) is 14.5. The summed E-state index contributed by atoms with van der Waals surface area (Å²) in [5.74, 6) is -0.329. The van der Waals surface area contributed by atoms with E-state index in [-0.39, 0.29) is 5.97 Å². The third kappa shape index (κ3) is 11.4. The summed E-state index contributed by atoms with van der Waals surface area (Å²) in [7, 11) is 1.38. The fourth-order valence-electron chi connectivity index (χ4n) is 2.74. The summed E-state index contributed by atoms with van der Waals surface area (Å²) >= 11 is 0. The SMILES string of the molecule is CCCCCCCCCCC/C=C/c1ccc(/C=C/C(=O)OC)cc1. The van der Waals surface area contributed by atoms with Crippen LogP contribution >= 0.6 is 0 Å². The first-order chi connectivity index (χ1) is 12.3. The molecule has 2 heteroatoms. The largest absolute Gasteiger partial charge is 0.466 e. The van der Waals surface area contributed by atoms with E-state index in [0.29, 0.717) is 0 Å². The third-order valence-electron chi connectivity index (χ3n) is 4.33. The van der Waals surface area contributed by atoms with Crippen LogP contribution in [0.3, 0.4) is 0 Å². The van der Waals surface area contributed by atoms with Crippen LogP contribution in [0, 0.1) is 0 Å². The van der Waals surface area contributed by atoms with E-state index in [1.807, 2.05) is 12.1 Å². The molecule has 0 heterocycles. The number of hydrogen-bond donors (Lipinski definition) is 0. The van der Waals surface area contributed by atoms with E-state index in [4.69, 9.17) is 0 Å². The van der Waals surface area contributed by atoms with Crippen LogP contribution in [0.4, 0.5) is 0 Å². The Morgan fingerprint density at radius 1 is 0.840 bits per heavy atom.